The van der Waals surface area contributed by atoms with Crippen LogP contribution in [0.15, 0.2) is 0 Å². The molecule has 0 radical (unpaired) electrons. The molecule has 2 fully saturated rings. The molecule has 0 spiro atoms. The Morgan fingerprint density at radius 3 is 2.19 bits per heavy atom. The van der Waals surface area contributed by atoms with Gasteiger partial charge in [0.25, 0.3) is 0 Å². The maximum absolute atomic E-state index is 12.0. The molecule has 0 aromatic rings. The van der Waals surface area contributed by atoms with Crippen LogP contribution < -0.4 is 10.6 Å². The molecule has 120 valence electrons. The zero-order valence-corrected chi connectivity index (χ0v) is 12.8. The fourth-order valence-electron chi connectivity index (χ4n) is 2.26. The minimum absolute atomic E-state index is 0.0197. The molecule has 8 nitrogen and oxygen atoms in total. The van der Waals surface area contributed by atoms with Gasteiger partial charge in [-0.1, -0.05) is 0 Å². The number of aldehydes is 1. The van der Waals surface area contributed by atoms with Crippen LogP contribution in [0.2, 0.25) is 0 Å². The second kappa shape index (κ2) is 9.17. The van der Waals surface area contributed by atoms with Crippen molar-refractivity contribution in [2.45, 2.75) is 6.92 Å². The lowest BCUT2D eigenvalue weighted by Gasteiger charge is -2.21. The van der Waals surface area contributed by atoms with Crippen LogP contribution >= 0.6 is 0 Å². The topological polar surface area (TPSA) is 85.0 Å². The van der Waals surface area contributed by atoms with Crippen LogP contribution in [0.25, 0.3) is 0 Å². The molecule has 0 aliphatic carbocycles. The van der Waals surface area contributed by atoms with E-state index in [1.165, 1.54) is 6.92 Å². The zero-order valence-electron chi connectivity index (χ0n) is 12.8. The smallest absolute Gasteiger partial charge is 0.320 e. The van der Waals surface area contributed by atoms with Gasteiger partial charge in [-0.3, -0.25) is 0 Å². The van der Waals surface area contributed by atoms with Gasteiger partial charge in [-0.2, -0.15) is 0 Å². The summed E-state index contributed by atoms with van der Waals surface area (Å²) in [7, 11) is 1.88. The molecular weight excluding hydrogens is 274 g/mol. The quantitative estimate of drug-likeness (QED) is 0.627. The molecule has 4 amide bonds. The highest BCUT2D eigenvalue weighted by Gasteiger charge is 2.28. The van der Waals surface area contributed by atoms with E-state index in [-0.39, 0.29) is 12.1 Å². The lowest BCUT2D eigenvalue weighted by Crippen LogP contribution is -2.40. The average molecular weight is 299 g/mol. The monoisotopic (exact) mass is 299 g/mol. The van der Waals surface area contributed by atoms with Crippen molar-refractivity contribution < 1.29 is 14.4 Å². The second-order valence-corrected chi connectivity index (χ2v) is 4.81. The molecule has 0 aromatic carbocycles. The van der Waals surface area contributed by atoms with E-state index >= 15 is 0 Å². The SMILES string of the molecule is CC=O.CNCCN1CCN(CCN2CCNC2=O)C1=O. The third-order valence-electron chi connectivity index (χ3n) is 3.40. The molecule has 2 aliphatic heterocycles. The Morgan fingerprint density at radius 2 is 1.67 bits per heavy atom. The summed E-state index contributed by atoms with van der Waals surface area (Å²) in [4.78, 5) is 37.6. The van der Waals surface area contributed by atoms with E-state index in [1.54, 1.807) is 4.90 Å². The number of rotatable bonds is 6. The molecule has 0 atom stereocenters. The summed E-state index contributed by atoms with van der Waals surface area (Å²) in [5.41, 5.74) is 0. The third kappa shape index (κ3) is 5.22. The number of hydrogen-bond acceptors (Lipinski definition) is 4. The van der Waals surface area contributed by atoms with Crippen molar-refractivity contribution >= 4 is 18.3 Å². The number of amides is 4. The van der Waals surface area contributed by atoms with Gasteiger partial charge >= 0.3 is 12.1 Å². The van der Waals surface area contributed by atoms with E-state index < -0.39 is 0 Å². The van der Waals surface area contributed by atoms with E-state index in [0.717, 1.165) is 39.0 Å². The van der Waals surface area contributed by atoms with E-state index in [9.17, 15) is 9.59 Å². The number of likely N-dealkylation sites (N-methyl/N-ethyl adjacent to an activating group) is 1. The van der Waals surface area contributed by atoms with E-state index in [4.69, 9.17) is 4.79 Å². The lowest BCUT2D eigenvalue weighted by atomic mass is 10.5. The first kappa shape index (κ1) is 17.2. The molecule has 21 heavy (non-hydrogen) atoms. The number of nitrogens with zero attached hydrogens (tertiary/aromatic N) is 3. The predicted molar refractivity (Wildman–Crippen MR) is 79.2 cm³/mol. The normalized spacial score (nSPS) is 17.7. The molecule has 0 aromatic heterocycles. The van der Waals surface area contributed by atoms with Crippen LogP contribution in [0.3, 0.4) is 0 Å². The summed E-state index contributed by atoms with van der Waals surface area (Å²) < 4.78 is 0. The molecule has 2 heterocycles. The molecule has 2 saturated heterocycles. The number of carbonyl (C=O) groups excluding carboxylic acids is 3. The predicted octanol–water partition coefficient (Wildman–Crippen LogP) is -0.826. The van der Waals surface area contributed by atoms with Crippen LogP contribution in [0, 0.1) is 0 Å². The summed E-state index contributed by atoms with van der Waals surface area (Å²) >= 11 is 0. The van der Waals surface area contributed by atoms with Crippen molar-refractivity contribution in [3.8, 4) is 0 Å². The van der Waals surface area contributed by atoms with Gasteiger partial charge < -0.3 is 30.1 Å². The van der Waals surface area contributed by atoms with Crippen molar-refractivity contribution in [1.29, 1.82) is 0 Å². The van der Waals surface area contributed by atoms with Gasteiger partial charge in [0.1, 0.15) is 6.29 Å². The minimum Gasteiger partial charge on any atom is -0.336 e. The molecule has 2 aliphatic rings. The first-order chi connectivity index (χ1) is 10.1. The van der Waals surface area contributed by atoms with Gasteiger partial charge in [0.05, 0.1) is 0 Å². The van der Waals surface area contributed by atoms with Crippen LogP contribution in [0.4, 0.5) is 9.59 Å². The van der Waals surface area contributed by atoms with E-state index in [1.807, 2.05) is 16.8 Å². The number of hydrogen-bond donors (Lipinski definition) is 2. The summed E-state index contributed by atoms with van der Waals surface area (Å²) in [5.74, 6) is 0. The minimum atomic E-state index is -0.0197. The van der Waals surface area contributed by atoms with Gasteiger partial charge in [-0.15, -0.1) is 0 Å². The Balaban J connectivity index is 0.000000677. The molecule has 8 heteroatoms. The van der Waals surface area contributed by atoms with Gasteiger partial charge in [-0.05, 0) is 14.0 Å². The first-order valence-electron chi connectivity index (χ1n) is 7.25. The molecule has 0 unspecified atom stereocenters. The molecule has 0 bridgehead atoms. The van der Waals surface area contributed by atoms with Gasteiger partial charge in [0, 0.05) is 52.4 Å². The van der Waals surface area contributed by atoms with E-state index in [2.05, 4.69) is 10.6 Å². The highest BCUT2D eigenvalue weighted by atomic mass is 16.2. The Hall–Kier alpha value is -1.83. The fourth-order valence-corrected chi connectivity index (χ4v) is 2.26. The average Bonchev–Trinajstić information content (AvgIpc) is 3.02. The standard InChI is InChI=1S/C11H21N5O2.C2H4O/c1-12-2-4-15-8-9-16(11(15)18)7-6-14-5-3-13-10(14)17;1-2-3/h12H,2-9H2,1H3,(H,13,17);2H,1H3. The maximum atomic E-state index is 12.0. The van der Waals surface area contributed by atoms with Crippen molar-refractivity contribution in [2.75, 3.05) is 59.4 Å². The Morgan fingerprint density at radius 1 is 1.10 bits per heavy atom. The summed E-state index contributed by atoms with van der Waals surface area (Å²) in [6.07, 6.45) is 0.750. The van der Waals surface area contributed by atoms with Gasteiger partial charge in [0.2, 0.25) is 0 Å². The van der Waals surface area contributed by atoms with Crippen LogP contribution in [-0.2, 0) is 4.79 Å². The molecule has 2 rings (SSSR count). The first-order valence-corrected chi connectivity index (χ1v) is 7.25. The van der Waals surface area contributed by atoms with Crippen molar-refractivity contribution in [2.24, 2.45) is 0 Å². The Labute approximate surface area is 125 Å². The van der Waals surface area contributed by atoms with Crippen molar-refractivity contribution in [3.05, 3.63) is 0 Å². The van der Waals surface area contributed by atoms with Crippen LogP contribution in [0.1, 0.15) is 6.92 Å². The molecule has 0 saturated carbocycles. The molecule has 2 N–H and O–H groups in total. The van der Waals surface area contributed by atoms with Gasteiger partial charge in [-0.25, -0.2) is 9.59 Å². The lowest BCUT2D eigenvalue weighted by molar-refractivity contribution is -0.106. The Kier molecular flexibility index (Phi) is 7.52. The summed E-state index contributed by atoms with van der Waals surface area (Å²) in [6.45, 7) is 7.25. The van der Waals surface area contributed by atoms with Gasteiger partial charge in [0.15, 0.2) is 0 Å². The Bertz CT molecular complexity index is 364. The maximum Gasteiger partial charge on any atom is 0.320 e. The second-order valence-electron chi connectivity index (χ2n) is 4.81. The summed E-state index contributed by atoms with van der Waals surface area (Å²) in [6, 6.07) is 0.0681. The fraction of sp³-hybridized carbons (Fsp3) is 0.769. The highest BCUT2D eigenvalue weighted by molar-refractivity contribution is 5.77. The zero-order chi connectivity index (χ0) is 15.7. The van der Waals surface area contributed by atoms with Crippen molar-refractivity contribution in [3.63, 3.8) is 0 Å². The number of carbonyl (C=O) groups is 3. The van der Waals surface area contributed by atoms with Crippen LogP contribution in [0.5, 0.6) is 0 Å². The number of urea groups is 2. The molecular formula is C13H25N5O3. The van der Waals surface area contributed by atoms with Crippen LogP contribution in [-0.4, -0.2) is 92.5 Å². The summed E-state index contributed by atoms with van der Waals surface area (Å²) in [5, 5.41) is 5.80. The van der Waals surface area contributed by atoms with E-state index in [0.29, 0.717) is 19.6 Å². The van der Waals surface area contributed by atoms with Crippen molar-refractivity contribution in [1.82, 2.24) is 25.3 Å². The highest BCUT2D eigenvalue weighted by Crippen LogP contribution is 2.08. The largest absolute Gasteiger partial charge is 0.336 e. The number of nitrogens with one attached hydrogen (secondary N) is 2. The third-order valence-corrected chi connectivity index (χ3v) is 3.40.